The summed E-state index contributed by atoms with van der Waals surface area (Å²) in [6, 6.07) is 7.90. The Hall–Kier alpha value is -2.21. The highest BCUT2D eigenvalue weighted by molar-refractivity contribution is 7.22. The number of carbonyl (C=O) groups excluding carboxylic acids is 1. The first-order valence-electron chi connectivity index (χ1n) is 7.94. The SMILES string of the molecule is CC1=NN(c2nc3ccccc3s2)C(=O)C1=CN1CCCCC1. The van der Waals surface area contributed by atoms with Crippen molar-refractivity contribution in [2.24, 2.45) is 5.10 Å². The lowest BCUT2D eigenvalue weighted by molar-refractivity contribution is -0.114. The first-order valence-corrected chi connectivity index (χ1v) is 8.75. The van der Waals surface area contributed by atoms with Crippen LogP contribution < -0.4 is 5.01 Å². The number of rotatable bonds is 2. The van der Waals surface area contributed by atoms with Crippen LogP contribution >= 0.6 is 11.3 Å². The van der Waals surface area contributed by atoms with Gasteiger partial charge in [-0.1, -0.05) is 23.5 Å². The second-order valence-corrected chi connectivity index (χ2v) is 6.92. The van der Waals surface area contributed by atoms with Crippen molar-refractivity contribution in [2.75, 3.05) is 18.1 Å². The molecule has 4 rings (SSSR count). The Labute approximate surface area is 138 Å². The highest BCUT2D eigenvalue weighted by atomic mass is 32.1. The van der Waals surface area contributed by atoms with Crippen molar-refractivity contribution in [3.05, 3.63) is 36.0 Å². The lowest BCUT2D eigenvalue weighted by Gasteiger charge is -2.25. The van der Waals surface area contributed by atoms with Crippen LogP contribution in [0.4, 0.5) is 5.13 Å². The minimum atomic E-state index is -0.0767. The second kappa shape index (κ2) is 5.77. The van der Waals surface area contributed by atoms with Crippen LogP contribution in [-0.4, -0.2) is 34.6 Å². The molecule has 0 aliphatic carbocycles. The fourth-order valence-electron chi connectivity index (χ4n) is 2.98. The normalized spacial score (nSPS) is 20.7. The number of likely N-dealkylation sites (tertiary alicyclic amines) is 1. The Morgan fingerprint density at radius 1 is 1.17 bits per heavy atom. The van der Waals surface area contributed by atoms with Crippen LogP contribution in [0.15, 0.2) is 41.1 Å². The van der Waals surface area contributed by atoms with E-state index in [0.717, 1.165) is 29.0 Å². The van der Waals surface area contributed by atoms with E-state index >= 15 is 0 Å². The zero-order valence-electron chi connectivity index (χ0n) is 13.0. The van der Waals surface area contributed by atoms with E-state index in [0.29, 0.717) is 10.7 Å². The standard InChI is InChI=1S/C17H18N4OS/c1-12-13(11-20-9-5-2-6-10-20)16(22)21(19-12)17-18-14-7-3-4-8-15(14)23-17/h3-4,7-8,11H,2,5-6,9-10H2,1H3. The molecule has 5 nitrogen and oxygen atoms in total. The van der Waals surface area contributed by atoms with Gasteiger partial charge in [0, 0.05) is 19.3 Å². The van der Waals surface area contributed by atoms with Gasteiger partial charge in [-0.2, -0.15) is 10.1 Å². The number of carbonyl (C=O) groups is 1. The molecule has 2 aliphatic heterocycles. The average molecular weight is 326 g/mol. The molecule has 3 heterocycles. The third-order valence-corrected chi connectivity index (χ3v) is 5.24. The number of fused-ring (bicyclic) bond motifs is 1. The number of benzene rings is 1. The van der Waals surface area contributed by atoms with Gasteiger partial charge >= 0.3 is 0 Å². The molecule has 1 aromatic heterocycles. The monoisotopic (exact) mass is 326 g/mol. The van der Waals surface area contributed by atoms with E-state index in [-0.39, 0.29) is 5.91 Å². The van der Waals surface area contributed by atoms with Crippen LogP contribution in [-0.2, 0) is 4.79 Å². The predicted octanol–water partition coefficient (Wildman–Crippen LogP) is 3.39. The smallest absolute Gasteiger partial charge is 0.284 e. The first-order chi connectivity index (χ1) is 11.2. The van der Waals surface area contributed by atoms with E-state index in [1.807, 2.05) is 37.4 Å². The number of thiazole rings is 1. The first kappa shape index (κ1) is 14.4. The molecule has 0 spiro atoms. The van der Waals surface area contributed by atoms with Crippen molar-refractivity contribution < 1.29 is 4.79 Å². The molecule has 1 amide bonds. The van der Waals surface area contributed by atoms with Crippen molar-refractivity contribution in [3.8, 4) is 0 Å². The molecule has 0 unspecified atom stereocenters. The summed E-state index contributed by atoms with van der Waals surface area (Å²) in [5.74, 6) is -0.0767. The Balaban J connectivity index is 1.64. The predicted molar refractivity (Wildman–Crippen MR) is 93.7 cm³/mol. The van der Waals surface area contributed by atoms with Crippen LogP contribution in [0, 0.1) is 0 Å². The summed E-state index contributed by atoms with van der Waals surface area (Å²) in [6.45, 7) is 3.93. The van der Waals surface area contributed by atoms with Crippen LogP contribution in [0.1, 0.15) is 26.2 Å². The summed E-state index contributed by atoms with van der Waals surface area (Å²) in [4.78, 5) is 19.5. The number of hydrogen-bond acceptors (Lipinski definition) is 5. The summed E-state index contributed by atoms with van der Waals surface area (Å²) in [6.07, 6.45) is 5.64. The number of hydrogen-bond donors (Lipinski definition) is 0. The summed E-state index contributed by atoms with van der Waals surface area (Å²) in [5, 5.41) is 6.51. The lowest BCUT2D eigenvalue weighted by atomic mass is 10.1. The van der Waals surface area contributed by atoms with Gasteiger partial charge in [0.1, 0.15) is 0 Å². The number of aromatic nitrogens is 1. The van der Waals surface area contributed by atoms with Gasteiger partial charge in [0.15, 0.2) is 0 Å². The van der Waals surface area contributed by atoms with E-state index in [1.165, 1.54) is 35.6 Å². The van der Waals surface area contributed by atoms with Crippen molar-refractivity contribution in [1.82, 2.24) is 9.88 Å². The van der Waals surface area contributed by atoms with E-state index in [4.69, 9.17) is 0 Å². The van der Waals surface area contributed by atoms with Crippen molar-refractivity contribution in [2.45, 2.75) is 26.2 Å². The Morgan fingerprint density at radius 2 is 1.96 bits per heavy atom. The fourth-order valence-corrected chi connectivity index (χ4v) is 3.89. The van der Waals surface area contributed by atoms with Crippen molar-refractivity contribution in [1.29, 1.82) is 0 Å². The van der Waals surface area contributed by atoms with Crippen LogP contribution in [0.2, 0.25) is 0 Å². The maximum Gasteiger partial charge on any atom is 0.284 e. The molecule has 0 atom stereocenters. The van der Waals surface area contributed by atoms with Crippen LogP contribution in [0.25, 0.3) is 10.2 Å². The number of para-hydroxylation sites is 1. The molecule has 2 aromatic rings. The zero-order valence-corrected chi connectivity index (χ0v) is 13.8. The fraction of sp³-hybridized carbons (Fsp3) is 0.353. The van der Waals surface area contributed by atoms with E-state index in [9.17, 15) is 4.79 Å². The van der Waals surface area contributed by atoms with Gasteiger partial charge in [-0.3, -0.25) is 4.79 Å². The summed E-state index contributed by atoms with van der Waals surface area (Å²) in [5.41, 5.74) is 2.35. The Bertz CT molecular complexity index is 784. The maximum atomic E-state index is 12.7. The topological polar surface area (TPSA) is 48.8 Å². The molecule has 118 valence electrons. The van der Waals surface area contributed by atoms with Crippen LogP contribution in [0.5, 0.6) is 0 Å². The zero-order chi connectivity index (χ0) is 15.8. The molecule has 1 saturated heterocycles. The highest BCUT2D eigenvalue weighted by Gasteiger charge is 2.31. The summed E-state index contributed by atoms with van der Waals surface area (Å²) in [7, 11) is 0. The molecule has 0 radical (unpaired) electrons. The van der Waals surface area contributed by atoms with Gasteiger partial charge in [0.25, 0.3) is 5.91 Å². The molecular weight excluding hydrogens is 308 g/mol. The minimum Gasteiger partial charge on any atom is -0.377 e. The van der Waals surface area contributed by atoms with Crippen LogP contribution in [0.3, 0.4) is 0 Å². The average Bonchev–Trinajstić information content (AvgIpc) is 3.12. The molecule has 0 N–H and O–H groups in total. The van der Waals surface area contributed by atoms with E-state index < -0.39 is 0 Å². The number of amides is 1. The molecule has 0 bridgehead atoms. The Kier molecular flexibility index (Phi) is 3.61. The third kappa shape index (κ3) is 2.63. The maximum absolute atomic E-state index is 12.7. The number of hydrazone groups is 1. The molecule has 23 heavy (non-hydrogen) atoms. The van der Waals surface area contributed by atoms with E-state index in [1.54, 1.807) is 0 Å². The van der Waals surface area contributed by atoms with Gasteiger partial charge in [-0.05, 0) is 38.3 Å². The van der Waals surface area contributed by atoms with Crippen molar-refractivity contribution >= 4 is 38.3 Å². The second-order valence-electron chi connectivity index (χ2n) is 5.91. The number of nitrogens with zero attached hydrogens (tertiary/aromatic N) is 4. The number of piperidine rings is 1. The quantitative estimate of drug-likeness (QED) is 0.795. The van der Waals surface area contributed by atoms with Gasteiger partial charge in [0.05, 0.1) is 21.5 Å². The minimum absolute atomic E-state index is 0.0767. The largest absolute Gasteiger partial charge is 0.377 e. The summed E-state index contributed by atoms with van der Waals surface area (Å²) >= 11 is 1.49. The summed E-state index contributed by atoms with van der Waals surface area (Å²) < 4.78 is 1.07. The molecule has 1 aromatic carbocycles. The molecule has 0 saturated carbocycles. The molecule has 2 aliphatic rings. The molecule has 1 fully saturated rings. The Morgan fingerprint density at radius 3 is 2.74 bits per heavy atom. The van der Waals surface area contributed by atoms with Gasteiger partial charge < -0.3 is 4.90 Å². The van der Waals surface area contributed by atoms with Crippen molar-refractivity contribution in [3.63, 3.8) is 0 Å². The van der Waals surface area contributed by atoms with Gasteiger partial charge in [-0.15, -0.1) is 0 Å². The van der Waals surface area contributed by atoms with E-state index in [2.05, 4.69) is 15.0 Å². The molecular formula is C17H18N4OS. The van der Waals surface area contributed by atoms with Gasteiger partial charge in [0.2, 0.25) is 5.13 Å². The third-order valence-electron chi connectivity index (χ3n) is 4.23. The highest BCUT2D eigenvalue weighted by Crippen LogP contribution is 2.32. The number of anilines is 1. The molecule has 6 heteroatoms. The lowest BCUT2D eigenvalue weighted by Crippen LogP contribution is -2.27. The van der Waals surface area contributed by atoms with Gasteiger partial charge in [-0.25, -0.2) is 4.98 Å².